The summed E-state index contributed by atoms with van der Waals surface area (Å²) < 4.78 is 27.3. The Morgan fingerprint density at radius 3 is 2.54 bits per heavy atom. The maximum Gasteiger partial charge on any atom is 0.259 e. The molecule has 3 aromatic rings. The lowest BCUT2D eigenvalue weighted by atomic mass is 10.00. The maximum absolute atomic E-state index is 13.7. The molecule has 2 amide bonds. The highest BCUT2D eigenvalue weighted by atomic mass is 32.2. The van der Waals surface area contributed by atoms with Gasteiger partial charge in [0.05, 0.1) is 27.6 Å². The van der Waals surface area contributed by atoms with Crippen molar-refractivity contribution in [3.8, 4) is 0 Å². The zero-order valence-electron chi connectivity index (χ0n) is 22.3. The van der Waals surface area contributed by atoms with E-state index in [2.05, 4.69) is 17.1 Å². The maximum atomic E-state index is 13.7. The van der Waals surface area contributed by atoms with Crippen LogP contribution in [0.15, 0.2) is 82.6 Å². The highest BCUT2D eigenvalue weighted by Crippen LogP contribution is 2.38. The molecule has 204 valence electrons. The van der Waals surface area contributed by atoms with Crippen LogP contribution in [0.4, 0.5) is 5.69 Å². The van der Waals surface area contributed by atoms with Crippen molar-refractivity contribution in [2.24, 2.45) is 0 Å². The van der Waals surface area contributed by atoms with E-state index in [4.69, 9.17) is 0 Å². The van der Waals surface area contributed by atoms with Gasteiger partial charge in [-0.3, -0.25) is 9.59 Å². The Morgan fingerprint density at radius 2 is 1.74 bits per heavy atom. The molecule has 1 saturated heterocycles. The minimum atomic E-state index is -3.98. The third-order valence-corrected chi connectivity index (χ3v) is 9.62. The second-order valence-corrected chi connectivity index (χ2v) is 12.1. The van der Waals surface area contributed by atoms with Crippen LogP contribution in [0, 0.1) is 0 Å². The number of likely N-dealkylation sites (tertiary alicyclic amines) is 1. The normalized spacial score (nSPS) is 18.6. The first-order chi connectivity index (χ1) is 18.9. The van der Waals surface area contributed by atoms with E-state index in [1.54, 1.807) is 12.1 Å². The van der Waals surface area contributed by atoms with Gasteiger partial charge in [-0.2, -0.15) is 0 Å². The van der Waals surface area contributed by atoms with E-state index >= 15 is 0 Å². The van der Waals surface area contributed by atoms with Crippen molar-refractivity contribution in [2.45, 2.75) is 61.4 Å². The number of nitrogens with one attached hydrogen (secondary N) is 1. The van der Waals surface area contributed by atoms with Gasteiger partial charge in [0, 0.05) is 24.7 Å². The minimum absolute atomic E-state index is 0.0176. The molecule has 3 aromatic carbocycles. The van der Waals surface area contributed by atoms with E-state index in [-0.39, 0.29) is 33.5 Å². The van der Waals surface area contributed by atoms with Gasteiger partial charge in [-0.15, -0.1) is 0 Å². The predicted octanol–water partition coefficient (Wildman–Crippen LogP) is 5.06. The third-order valence-electron chi connectivity index (χ3n) is 7.77. The van der Waals surface area contributed by atoms with Gasteiger partial charge in [0.1, 0.15) is 0 Å². The van der Waals surface area contributed by atoms with Crippen molar-refractivity contribution in [2.75, 3.05) is 24.5 Å². The second-order valence-electron chi connectivity index (χ2n) is 10.3. The van der Waals surface area contributed by atoms with Crippen LogP contribution in [0.1, 0.15) is 65.3 Å². The second kappa shape index (κ2) is 11.7. The van der Waals surface area contributed by atoms with E-state index in [1.807, 2.05) is 30.3 Å². The molecule has 2 aliphatic rings. The third kappa shape index (κ3) is 5.63. The summed E-state index contributed by atoms with van der Waals surface area (Å²) in [6.45, 7) is 4.99. The number of sulfone groups is 1. The summed E-state index contributed by atoms with van der Waals surface area (Å²) in [5.41, 5.74) is 1.52. The molecule has 1 N–H and O–H groups in total. The van der Waals surface area contributed by atoms with Crippen molar-refractivity contribution in [3.63, 3.8) is 0 Å². The van der Waals surface area contributed by atoms with Gasteiger partial charge in [0.2, 0.25) is 9.84 Å². The quantitative estimate of drug-likeness (QED) is 0.400. The van der Waals surface area contributed by atoms with Crippen LogP contribution in [0.5, 0.6) is 0 Å². The van der Waals surface area contributed by atoms with Crippen LogP contribution in [0.3, 0.4) is 0 Å². The summed E-state index contributed by atoms with van der Waals surface area (Å²) in [7, 11) is -3.98. The van der Waals surface area contributed by atoms with Crippen molar-refractivity contribution in [1.29, 1.82) is 0 Å². The number of fused-ring (bicyclic) bond motifs is 2. The molecule has 0 bridgehead atoms. The molecule has 0 unspecified atom stereocenters. The molecule has 2 heterocycles. The van der Waals surface area contributed by atoms with Gasteiger partial charge in [0.25, 0.3) is 11.8 Å². The summed E-state index contributed by atoms with van der Waals surface area (Å²) in [6, 6.07) is 20.8. The molecule has 1 atom stereocenters. The monoisotopic (exact) mass is 545 g/mol. The van der Waals surface area contributed by atoms with Gasteiger partial charge >= 0.3 is 0 Å². The molecule has 0 saturated carbocycles. The molecule has 2 aliphatic heterocycles. The summed E-state index contributed by atoms with van der Waals surface area (Å²) in [6.07, 6.45) is 5.74. The molecule has 39 heavy (non-hydrogen) atoms. The van der Waals surface area contributed by atoms with E-state index in [0.717, 1.165) is 31.5 Å². The average molecular weight is 546 g/mol. The Balaban J connectivity index is 1.40. The molecule has 7 nitrogen and oxygen atoms in total. The van der Waals surface area contributed by atoms with E-state index in [0.29, 0.717) is 18.2 Å². The number of carbonyl (C=O) groups is 2. The van der Waals surface area contributed by atoms with Crippen molar-refractivity contribution in [3.05, 3.63) is 89.5 Å². The lowest BCUT2D eigenvalue weighted by Gasteiger charge is -2.35. The lowest BCUT2D eigenvalue weighted by molar-refractivity contribution is 0.0944. The zero-order chi connectivity index (χ0) is 27.4. The fourth-order valence-electron chi connectivity index (χ4n) is 5.67. The first-order valence-electron chi connectivity index (χ1n) is 13.8. The number of benzene rings is 3. The first kappa shape index (κ1) is 27.1. The van der Waals surface area contributed by atoms with Crippen LogP contribution >= 0.6 is 0 Å². The van der Waals surface area contributed by atoms with Crippen LogP contribution in [0.25, 0.3) is 0 Å². The van der Waals surface area contributed by atoms with Crippen LogP contribution in [-0.2, 0) is 16.4 Å². The number of hydrogen-bond donors (Lipinski definition) is 1. The number of nitrogens with zero attached hydrogens (tertiary/aromatic N) is 2. The largest absolute Gasteiger partial charge is 0.352 e. The molecular weight excluding hydrogens is 510 g/mol. The number of carbonyl (C=O) groups excluding carboxylic acids is 2. The van der Waals surface area contributed by atoms with E-state index in [1.165, 1.54) is 54.5 Å². The molecule has 8 heteroatoms. The molecule has 5 rings (SSSR count). The summed E-state index contributed by atoms with van der Waals surface area (Å²) in [4.78, 5) is 30.9. The van der Waals surface area contributed by atoms with Crippen LogP contribution < -0.4 is 10.2 Å². The molecular formula is C31H35N3O4S. The van der Waals surface area contributed by atoms with Crippen LogP contribution in [-0.4, -0.2) is 50.8 Å². The number of amides is 2. The van der Waals surface area contributed by atoms with Gasteiger partial charge in [0.15, 0.2) is 0 Å². The fourth-order valence-corrected chi connectivity index (χ4v) is 7.30. The fraction of sp³-hybridized carbons (Fsp3) is 0.355. The molecule has 0 spiro atoms. The average Bonchev–Trinajstić information content (AvgIpc) is 3.03. The topological polar surface area (TPSA) is 86.8 Å². The first-order valence-corrected chi connectivity index (χ1v) is 15.2. The van der Waals surface area contributed by atoms with Crippen LogP contribution in [0.2, 0.25) is 0 Å². The van der Waals surface area contributed by atoms with Gasteiger partial charge in [-0.05, 0) is 68.1 Å². The van der Waals surface area contributed by atoms with Gasteiger partial charge in [-0.1, -0.05) is 55.8 Å². The molecule has 0 radical (unpaired) electrons. The number of rotatable bonds is 8. The number of anilines is 1. The van der Waals surface area contributed by atoms with Crippen molar-refractivity contribution < 1.29 is 18.0 Å². The number of piperidine rings is 1. The smallest absolute Gasteiger partial charge is 0.259 e. The highest BCUT2D eigenvalue weighted by Gasteiger charge is 2.36. The van der Waals surface area contributed by atoms with Gasteiger partial charge < -0.3 is 15.1 Å². The predicted molar refractivity (Wildman–Crippen MR) is 152 cm³/mol. The minimum Gasteiger partial charge on any atom is -0.352 e. The Bertz CT molecular complexity index is 1460. The van der Waals surface area contributed by atoms with E-state index in [9.17, 15) is 18.0 Å². The van der Waals surface area contributed by atoms with E-state index < -0.39 is 15.7 Å². The molecule has 0 aromatic heterocycles. The summed E-state index contributed by atoms with van der Waals surface area (Å²) in [5, 5.41) is 2.99. The lowest BCUT2D eigenvalue weighted by Crippen LogP contribution is -2.40. The standard InChI is InChI=1S/C31H35N3O4S/c1-2-25-13-8-9-19-33(25)20-10-18-32-30(35)24-16-17-29-27(21-24)34(22-23-11-4-3-5-12-23)31(36)26-14-6-7-15-28(26)39(29,37)38/h3-7,11-12,14-17,21,25H,2,8-10,13,18-20,22H2,1H3,(H,32,35)/t25-/m0/s1. The Labute approximate surface area is 230 Å². The molecule has 1 fully saturated rings. The number of hydrogen-bond acceptors (Lipinski definition) is 5. The Morgan fingerprint density at radius 1 is 0.974 bits per heavy atom. The van der Waals surface area contributed by atoms with Gasteiger partial charge in [-0.25, -0.2) is 8.42 Å². The Hall–Kier alpha value is -3.49. The highest BCUT2D eigenvalue weighted by molar-refractivity contribution is 7.91. The summed E-state index contributed by atoms with van der Waals surface area (Å²) in [5.74, 6) is -0.698. The van der Waals surface area contributed by atoms with Crippen molar-refractivity contribution >= 4 is 27.3 Å². The molecule has 0 aliphatic carbocycles. The summed E-state index contributed by atoms with van der Waals surface area (Å²) >= 11 is 0. The SMILES string of the molecule is CC[C@H]1CCCCN1CCCNC(=O)c1ccc2c(c1)N(Cc1ccccc1)C(=O)c1ccccc1S2(=O)=O. The zero-order valence-corrected chi connectivity index (χ0v) is 23.1. The Kier molecular flexibility index (Phi) is 8.14. The van der Waals surface area contributed by atoms with Crippen molar-refractivity contribution in [1.82, 2.24) is 10.2 Å².